The van der Waals surface area contributed by atoms with Crippen molar-refractivity contribution in [2.45, 2.75) is 26.4 Å². The molecular formula is C11H15ClN4O2. The molecule has 1 aromatic heterocycles. The molecule has 18 heavy (non-hydrogen) atoms. The molecule has 0 saturated heterocycles. The summed E-state index contributed by atoms with van der Waals surface area (Å²) in [7, 11) is 0. The molecule has 0 aliphatic carbocycles. The minimum absolute atomic E-state index is 0.0388. The zero-order valence-corrected chi connectivity index (χ0v) is 11.0. The van der Waals surface area contributed by atoms with Gasteiger partial charge in [-0.2, -0.15) is 0 Å². The van der Waals surface area contributed by atoms with E-state index in [2.05, 4.69) is 4.98 Å². The maximum Gasteiger partial charge on any atom is 0.274 e. The Kier molecular flexibility index (Phi) is 4.91. The van der Waals surface area contributed by atoms with Crippen molar-refractivity contribution < 1.29 is 4.92 Å². The molecule has 0 aromatic carbocycles. The van der Waals surface area contributed by atoms with Crippen LogP contribution in [0.1, 0.15) is 19.4 Å². The van der Waals surface area contributed by atoms with Crippen molar-refractivity contribution in [1.82, 2.24) is 9.88 Å². The molecule has 0 bridgehead atoms. The Morgan fingerprint density at radius 1 is 1.67 bits per heavy atom. The lowest BCUT2D eigenvalue weighted by Gasteiger charge is -2.27. The Hall–Kier alpha value is -1.82. The number of nitrogens with two attached hydrogens (primary N) is 1. The van der Waals surface area contributed by atoms with Gasteiger partial charge in [0.25, 0.3) is 6.20 Å². The van der Waals surface area contributed by atoms with Crippen molar-refractivity contribution in [3.8, 4) is 0 Å². The zero-order valence-electron chi connectivity index (χ0n) is 10.2. The van der Waals surface area contributed by atoms with E-state index in [1.807, 2.05) is 19.9 Å². The predicted molar refractivity (Wildman–Crippen MR) is 69.2 cm³/mol. The Balaban J connectivity index is 2.87. The second-order valence-corrected chi connectivity index (χ2v) is 4.44. The molecule has 6 nitrogen and oxygen atoms in total. The van der Waals surface area contributed by atoms with Crippen LogP contribution in [0.2, 0.25) is 5.15 Å². The van der Waals surface area contributed by atoms with Crippen LogP contribution in [0.15, 0.2) is 30.4 Å². The normalized spacial score (nSPS) is 11.7. The first kappa shape index (κ1) is 14.2. The second kappa shape index (κ2) is 6.20. The van der Waals surface area contributed by atoms with Crippen LogP contribution >= 0.6 is 11.6 Å². The molecule has 0 spiro atoms. The molecule has 2 N–H and O–H groups in total. The van der Waals surface area contributed by atoms with E-state index in [1.54, 1.807) is 17.2 Å². The number of aromatic nitrogens is 1. The molecule has 0 saturated carbocycles. The van der Waals surface area contributed by atoms with Crippen molar-refractivity contribution >= 4 is 11.6 Å². The summed E-state index contributed by atoms with van der Waals surface area (Å²) in [5.41, 5.74) is 6.58. The summed E-state index contributed by atoms with van der Waals surface area (Å²) in [6.45, 7) is 4.26. The highest BCUT2D eigenvalue weighted by Crippen LogP contribution is 2.13. The summed E-state index contributed by atoms with van der Waals surface area (Å²) in [5.74, 6) is 0.116. The van der Waals surface area contributed by atoms with E-state index in [0.717, 1.165) is 11.8 Å². The summed E-state index contributed by atoms with van der Waals surface area (Å²) in [5, 5.41) is 10.8. The van der Waals surface area contributed by atoms with Gasteiger partial charge < -0.3 is 10.6 Å². The number of nitro groups is 1. The van der Waals surface area contributed by atoms with E-state index in [0.29, 0.717) is 11.7 Å². The average Bonchev–Trinajstić information content (AvgIpc) is 2.26. The summed E-state index contributed by atoms with van der Waals surface area (Å²) in [6, 6.07) is 3.52. The first-order chi connectivity index (χ1) is 8.40. The van der Waals surface area contributed by atoms with Gasteiger partial charge in [-0.05, 0) is 25.5 Å². The van der Waals surface area contributed by atoms with Crippen LogP contribution in [0.3, 0.4) is 0 Å². The summed E-state index contributed by atoms with van der Waals surface area (Å²) >= 11 is 5.69. The monoisotopic (exact) mass is 270 g/mol. The van der Waals surface area contributed by atoms with Crippen LogP contribution in [-0.4, -0.2) is 20.8 Å². The second-order valence-electron chi connectivity index (χ2n) is 4.05. The largest absolute Gasteiger partial charge is 0.380 e. The summed E-state index contributed by atoms with van der Waals surface area (Å²) in [4.78, 5) is 15.5. The lowest BCUT2D eigenvalue weighted by Crippen LogP contribution is -2.34. The van der Waals surface area contributed by atoms with E-state index < -0.39 is 4.92 Å². The Morgan fingerprint density at radius 3 is 2.78 bits per heavy atom. The van der Waals surface area contributed by atoms with Crippen LogP contribution < -0.4 is 5.73 Å². The number of pyridine rings is 1. The van der Waals surface area contributed by atoms with E-state index in [4.69, 9.17) is 17.3 Å². The van der Waals surface area contributed by atoms with Crippen molar-refractivity contribution in [1.29, 1.82) is 0 Å². The van der Waals surface area contributed by atoms with E-state index >= 15 is 0 Å². The number of rotatable bonds is 5. The van der Waals surface area contributed by atoms with Gasteiger partial charge in [-0.15, -0.1) is 0 Å². The first-order valence-electron chi connectivity index (χ1n) is 5.38. The van der Waals surface area contributed by atoms with Crippen LogP contribution in [0.5, 0.6) is 0 Å². The maximum atomic E-state index is 10.4. The average molecular weight is 271 g/mol. The smallest absolute Gasteiger partial charge is 0.274 e. The van der Waals surface area contributed by atoms with Gasteiger partial charge in [-0.1, -0.05) is 17.7 Å². The van der Waals surface area contributed by atoms with Gasteiger partial charge in [0.05, 0.1) is 4.92 Å². The lowest BCUT2D eigenvalue weighted by atomic mass is 10.2. The Bertz CT molecular complexity index is 445. The zero-order chi connectivity index (χ0) is 13.7. The molecule has 98 valence electrons. The quantitative estimate of drug-likeness (QED) is 0.502. The molecular weight excluding hydrogens is 256 g/mol. The van der Waals surface area contributed by atoms with Gasteiger partial charge >= 0.3 is 0 Å². The number of nitrogens with zero attached hydrogens (tertiary/aromatic N) is 3. The molecule has 0 aliphatic rings. The molecule has 0 amide bonds. The number of halogens is 1. The van der Waals surface area contributed by atoms with Crippen molar-refractivity contribution in [3.05, 3.63) is 51.2 Å². The molecule has 0 unspecified atom stereocenters. The molecule has 7 heteroatoms. The van der Waals surface area contributed by atoms with E-state index in [9.17, 15) is 10.1 Å². The summed E-state index contributed by atoms with van der Waals surface area (Å²) in [6.07, 6.45) is 2.42. The van der Waals surface area contributed by atoms with Gasteiger partial charge in [0, 0.05) is 18.8 Å². The molecule has 1 rings (SSSR count). The van der Waals surface area contributed by atoms with Crippen LogP contribution in [0, 0.1) is 10.1 Å². The maximum absolute atomic E-state index is 10.4. The third-order valence-corrected chi connectivity index (χ3v) is 2.56. The molecule has 0 radical (unpaired) electrons. The Morgan fingerprint density at radius 2 is 2.33 bits per heavy atom. The number of hydrogen-bond acceptors (Lipinski definition) is 5. The topological polar surface area (TPSA) is 85.3 Å². The third-order valence-electron chi connectivity index (χ3n) is 2.33. The van der Waals surface area contributed by atoms with Crippen molar-refractivity contribution in [2.75, 3.05) is 0 Å². The van der Waals surface area contributed by atoms with Gasteiger partial charge in [0.2, 0.25) is 0 Å². The molecule has 0 fully saturated rings. The standard InChI is InChI=1S/C11H15ClN4O2/c1-8(2)15(11(13)7-16(17)18)6-9-3-4-10(12)14-5-9/h3-5,7-8H,6,13H2,1-2H3/b11-7+. The van der Waals surface area contributed by atoms with Gasteiger partial charge in [-0.25, -0.2) is 4.98 Å². The molecule has 0 atom stereocenters. The number of hydrogen-bond donors (Lipinski definition) is 1. The summed E-state index contributed by atoms with van der Waals surface area (Å²) < 4.78 is 0. The molecule has 0 aliphatic heterocycles. The molecule has 1 aromatic rings. The minimum Gasteiger partial charge on any atom is -0.380 e. The fraction of sp³-hybridized carbons (Fsp3) is 0.364. The third kappa shape index (κ3) is 4.21. The predicted octanol–water partition coefficient (Wildman–Crippen LogP) is 1.98. The van der Waals surface area contributed by atoms with Gasteiger partial charge in [0.1, 0.15) is 5.15 Å². The van der Waals surface area contributed by atoms with Crippen LogP contribution in [0.25, 0.3) is 0 Å². The SMILES string of the molecule is CC(C)N(Cc1ccc(Cl)nc1)/C(N)=C/[N+](=O)[O-]. The van der Waals surface area contributed by atoms with Gasteiger partial charge in [0.15, 0.2) is 5.82 Å². The van der Waals surface area contributed by atoms with Gasteiger partial charge in [-0.3, -0.25) is 10.1 Å². The Labute approximate surface area is 110 Å². The fourth-order valence-electron chi connectivity index (χ4n) is 1.45. The minimum atomic E-state index is -0.565. The lowest BCUT2D eigenvalue weighted by molar-refractivity contribution is -0.404. The van der Waals surface area contributed by atoms with Crippen LogP contribution in [0.4, 0.5) is 0 Å². The van der Waals surface area contributed by atoms with Crippen molar-refractivity contribution in [2.24, 2.45) is 5.73 Å². The highest BCUT2D eigenvalue weighted by Gasteiger charge is 2.14. The van der Waals surface area contributed by atoms with Crippen molar-refractivity contribution in [3.63, 3.8) is 0 Å². The fourth-order valence-corrected chi connectivity index (χ4v) is 1.56. The molecule has 1 heterocycles. The van der Waals surface area contributed by atoms with Crippen LogP contribution in [-0.2, 0) is 6.54 Å². The van der Waals surface area contributed by atoms with E-state index in [1.165, 1.54) is 0 Å². The van der Waals surface area contributed by atoms with E-state index in [-0.39, 0.29) is 11.9 Å². The highest BCUT2D eigenvalue weighted by atomic mass is 35.5. The highest BCUT2D eigenvalue weighted by molar-refractivity contribution is 6.29. The first-order valence-corrected chi connectivity index (χ1v) is 5.76.